The summed E-state index contributed by atoms with van der Waals surface area (Å²) in [6, 6.07) is 8.13. The van der Waals surface area contributed by atoms with E-state index < -0.39 is 23.6 Å². The summed E-state index contributed by atoms with van der Waals surface area (Å²) in [4.78, 5) is 35.8. The van der Waals surface area contributed by atoms with E-state index in [1.54, 1.807) is 45.9 Å². The van der Waals surface area contributed by atoms with Gasteiger partial charge in [-0.3, -0.25) is 4.79 Å². The van der Waals surface area contributed by atoms with Crippen LogP contribution in [-0.2, 0) is 14.3 Å². The zero-order valence-electron chi connectivity index (χ0n) is 17.0. The van der Waals surface area contributed by atoms with Crippen molar-refractivity contribution in [3.05, 3.63) is 41.6 Å². The van der Waals surface area contributed by atoms with E-state index in [2.05, 4.69) is 16.0 Å². The second-order valence-electron chi connectivity index (χ2n) is 6.77. The van der Waals surface area contributed by atoms with Crippen molar-refractivity contribution in [1.29, 1.82) is 5.26 Å². The van der Waals surface area contributed by atoms with Crippen molar-refractivity contribution < 1.29 is 23.9 Å². The van der Waals surface area contributed by atoms with E-state index in [0.717, 1.165) is 0 Å². The van der Waals surface area contributed by atoms with Crippen LogP contribution in [0.1, 0.15) is 38.1 Å². The predicted molar refractivity (Wildman–Crippen MR) is 107 cm³/mol. The molecule has 0 aliphatic heterocycles. The lowest BCUT2D eigenvalue weighted by Crippen LogP contribution is -2.35. The third-order valence-electron chi connectivity index (χ3n) is 3.22. The van der Waals surface area contributed by atoms with Crippen LogP contribution in [0.25, 0.3) is 0 Å². The third kappa shape index (κ3) is 8.79. The van der Waals surface area contributed by atoms with Crippen LogP contribution in [0.5, 0.6) is 0 Å². The molecule has 0 heterocycles. The highest BCUT2D eigenvalue weighted by atomic mass is 16.6. The van der Waals surface area contributed by atoms with Crippen molar-refractivity contribution in [1.82, 2.24) is 10.6 Å². The van der Waals surface area contributed by atoms with Gasteiger partial charge in [-0.15, -0.1) is 0 Å². The molecule has 0 saturated carbocycles. The highest BCUT2D eigenvalue weighted by Gasteiger charge is 2.17. The summed E-state index contributed by atoms with van der Waals surface area (Å²) in [5.74, 6) is -1.26. The molecule has 1 aromatic rings. The van der Waals surface area contributed by atoms with Crippen molar-refractivity contribution in [3.63, 3.8) is 0 Å². The molecule has 0 aliphatic rings. The maximum Gasteiger partial charge on any atom is 0.407 e. The van der Waals surface area contributed by atoms with Crippen LogP contribution >= 0.6 is 0 Å². The normalized spacial score (nSPS) is 11.1. The molecule has 1 rings (SSSR count). The number of anilines is 1. The van der Waals surface area contributed by atoms with Gasteiger partial charge in [-0.1, -0.05) is 12.1 Å². The fourth-order valence-corrected chi connectivity index (χ4v) is 2.04. The highest BCUT2D eigenvalue weighted by Crippen LogP contribution is 2.17. The number of hydrogen-bond donors (Lipinski definition) is 3. The van der Waals surface area contributed by atoms with Gasteiger partial charge in [0.05, 0.1) is 17.9 Å². The molecule has 0 aromatic heterocycles. The van der Waals surface area contributed by atoms with Gasteiger partial charge >= 0.3 is 12.1 Å². The predicted octanol–water partition coefficient (Wildman–Crippen LogP) is 2.32. The largest absolute Gasteiger partial charge is 0.462 e. The van der Waals surface area contributed by atoms with Gasteiger partial charge in [-0.25, -0.2) is 9.59 Å². The minimum atomic E-state index is -0.683. The number of para-hydroxylation sites is 1. The summed E-state index contributed by atoms with van der Waals surface area (Å²) in [5.41, 5.74) is -0.359. The summed E-state index contributed by atoms with van der Waals surface area (Å²) in [5, 5.41) is 17.1. The molecule has 29 heavy (non-hydrogen) atoms. The lowest BCUT2D eigenvalue weighted by Gasteiger charge is -2.19. The standard InChI is InChI=1S/C20H26N4O5/c1-5-28-18(26)15-8-6-7-9-16(15)24-17(25)14(12-21)13-22-10-11-23-19(27)29-20(2,3)4/h6-9,13,22H,5,10-11H2,1-4H3,(H,23,27)(H,24,25)/b14-13-. The Morgan fingerprint density at radius 1 is 1.17 bits per heavy atom. The Morgan fingerprint density at radius 3 is 2.48 bits per heavy atom. The molecule has 0 spiro atoms. The Balaban J connectivity index is 2.62. The minimum absolute atomic E-state index is 0.189. The molecule has 0 radical (unpaired) electrons. The number of esters is 1. The fraction of sp³-hybridized carbons (Fsp3) is 0.400. The maximum absolute atomic E-state index is 12.3. The first-order valence-corrected chi connectivity index (χ1v) is 9.06. The molecule has 0 fully saturated rings. The van der Waals surface area contributed by atoms with Crippen LogP contribution in [0.2, 0.25) is 0 Å². The van der Waals surface area contributed by atoms with Crippen LogP contribution in [0.3, 0.4) is 0 Å². The number of nitriles is 1. The first kappa shape index (κ1) is 23.5. The SMILES string of the molecule is CCOC(=O)c1ccccc1NC(=O)/C(C#N)=C\NCCNC(=O)OC(C)(C)C. The molecule has 2 amide bonds. The number of ether oxygens (including phenoxy) is 2. The molecule has 0 unspecified atom stereocenters. The highest BCUT2D eigenvalue weighted by molar-refractivity contribution is 6.09. The lowest BCUT2D eigenvalue weighted by atomic mass is 10.1. The second kappa shape index (κ2) is 11.3. The number of rotatable bonds is 8. The van der Waals surface area contributed by atoms with Crippen molar-refractivity contribution in [2.75, 3.05) is 25.0 Å². The number of benzene rings is 1. The number of alkyl carbamates (subject to hydrolysis) is 1. The zero-order valence-corrected chi connectivity index (χ0v) is 17.0. The molecule has 156 valence electrons. The van der Waals surface area contributed by atoms with Gasteiger partial charge in [0.25, 0.3) is 5.91 Å². The number of amides is 2. The van der Waals surface area contributed by atoms with Crippen LogP contribution in [0.4, 0.5) is 10.5 Å². The number of carbonyl (C=O) groups excluding carboxylic acids is 3. The second-order valence-corrected chi connectivity index (χ2v) is 6.77. The summed E-state index contributed by atoms with van der Waals surface area (Å²) >= 11 is 0. The quantitative estimate of drug-likeness (QED) is 0.263. The number of nitrogens with zero attached hydrogens (tertiary/aromatic N) is 1. The average molecular weight is 402 g/mol. The average Bonchev–Trinajstić information content (AvgIpc) is 2.63. The molecule has 0 atom stereocenters. The van der Waals surface area contributed by atoms with Crippen LogP contribution in [0.15, 0.2) is 36.0 Å². The molecule has 9 nitrogen and oxygen atoms in total. The number of nitrogens with one attached hydrogen (secondary N) is 3. The maximum atomic E-state index is 12.3. The van der Waals surface area contributed by atoms with Gasteiger partial charge in [-0.2, -0.15) is 5.26 Å². The number of carbonyl (C=O) groups is 3. The van der Waals surface area contributed by atoms with Crippen molar-refractivity contribution in [2.45, 2.75) is 33.3 Å². The lowest BCUT2D eigenvalue weighted by molar-refractivity contribution is -0.112. The first-order chi connectivity index (χ1) is 13.7. The van der Waals surface area contributed by atoms with Gasteiger partial charge in [0.15, 0.2) is 0 Å². The van der Waals surface area contributed by atoms with Crippen LogP contribution < -0.4 is 16.0 Å². The number of hydrogen-bond acceptors (Lipinski definition) is 7. The fourth-order valence-electron chi connectivity index (χ4n) is 2.04. The molecule has 0 bridgehead atoms. The van der Waals surface area contributed by atoms with E-state index in [1.165, 1.54) is 18.3 Å². The molecule has 1 aromatic carbocycles. The van der Waals surface area contributed by atoms with E-state index >= 15 is 0 Å². The molecule has 0 aliphatic carbocycles. The van der Waals surface area contributed by atoms with E-state index in [1.807, 2.05) is 0 Å². The van der Waals surface area contributed by atoms with E-state index in [0.29, 0.717) is 0 Å². The van der Waals surface area contributed by atoms with Gasteiger partial charge in [-0.05, 0) is 39.8 Å². The molecular formula is C20H26N4O5. The van der Waals surface area contributed by atoms with Crippen LogP contribution in [-0.4, -0.2) is 43.3 Å². The minimum Gasteiger partial charge on any atom is -0.462 e. The summed E-state index contributed by atoms with van der Waals surface area (Å²) in [6.45, 7) is 7.65. The summed E-state index contributed by atoms with van der Waals surface area (Å²) < 4.78 is 10.0. The molecule has 0 saturated heterocycles. The van der Waals surface area contributed by atoms with Gasteiger partial charge in [0, 0.05) is 19.3 Å². The van der Waals surface area contributed by atoms with E-state index in [9.17, 15) is 19.6 Å². The molecular weight excluding hydrogens is 376 g/mol. The zero-order chi connectivity index (χ0) is 21.9. The topological polar surface area (TPSA) is 130 Å². The monoisotopic (exact) mass is 402 g/mol. The van der Waals surface area contributed by atoms with E-state index in [4.69, 9.17) is 9.47 Å². The Morgan fingerprint density at radius 2 is 1.86 bits per heavy atom. The molecule has 3 N–H and O–H groups in total. The molecule has 9 heteroatoms. The summed E-state index contributed by atoms with van der Waals surface area (Å²) in [6.07, 6.45) is 0.677. The Labute approximate surface area is 170 Å². The van der Waals surface area contributed by atoms with Gasteiger partial charge in [0.1, 0.15) is 17.2 Å². The van der Waals surface area contributed by atoms with Crippen LogP contribution in [0, 0.1) is 11.3 Å². The smallest absolute Gasteiger partial charge is 0.407 e. The van der Waals surface area contributed by atoms with E-state index in [-0.39, 0.29) is 36.5 Å². The third-order valence-corrected chi connectivity index (χ3v) is 3.22. The Kier molecular flexibility index (Phi) is 9.19. The van der Waals surface area contributed by atoms with Crippen molar-refractivity contribution in [3.8, 4) is 6.07 Å². The van der Waals surface area contributed by atoms with Crippen molar-refractivity contribution in [2.24, 2.45) is 0 Å². The summed E-state index contributed by atoms with van der Waals surface area (Å²) in [7, 11) is 0. The van der Waals surface area contributed by atoms with Gasteiger partial charge in [0.2, 0.25) is 0 Å². The Hall–Kier alpha value is -3.54. The van der Waals surface area contributed by atoms with Gasteiger partial charge < -0.3 is 25.4 Å². The first-order valence-electron chi connectivity index (χ1n) is 9.06. The Bertz CT molecular complexity index is 806. The van der Waals surface area contributed by atoms with Crippen molar-refractivity contribution >= 4 is 23.7 Å².